The van der Waals surface area contributed by atoms with Gasteiger partial charge in [0.2, 0.25) is 0 Å². The van der Waals surface area contributed by atoms with Crippen LogP contribution in [0.3, 0.4) is 0 Å². The number of carbonyl (C=O) groups excluding carboxylic acids is 1. The lowest BCUT2D eigenvalue weighted by Crippen LogP contribution is -2.06. The smallest absolute Gasteiger partial charge is 0.337 e. The van der Waals surface area contributed by atoms with Crippen molar-refractivity contribution in [2.45, 2.75) is 6.54 Å². The number of halogens is 1. The monoisotopic (exact) mass is 350 g/mol. The van der Waals surface area contributed by atoms with E-state index in [-0.39, 0.29) is 11.4 Å². The second-order valence-corrected chi connectivity index (χ2v) is 6.00. The molecule has 0 saturated heterocycles. The predicted molar refractivity (Wildman–Crippen MR) is 96.9 cm³/mol. The van der Waals surface area contributed by atoms with Crippen molar-refractivity contribution in [3.8, 4) is 0 Å². The SMILES string of the molecule is COC(=O)c1ccc(Cn2c3ccc(F)cc3c3c(=O)[nH]ccc32)cc1. The zero-order valence-electron chi connectivity index (χ0n) is 14.0. The van der Waals surface area contributed by atoms with Gasteiger partial charge >= 0.3 is 5.97 Å². The lowest BCUT2D eigenvalue weighted by molar-refractivity contribution is 0.0600. The summed E-state index contributed by atoms with van der Waals surface area (Å²) in [6.07, 6.45) is 1.58. The molecule has 2 aromatic carbocycles. The van der Waals surface area contributed by atoms with Crippen LogP contribution in [0.5, 0.6) is 0 Å². The Bertz CT molecular complexity index is 1190. The molecule has 2 aromatic heterocycles. The van der Waals surface area contributed by atoms with Crippen LogP contribution in [0.25, 0.3) is 21.8 Å². The Hall–Kier alpha value is -3.41. The number of ether oxygens (including phenoxy) is 1. The molecule has 6 heteroatoms. The van der Waals surface area contributed by atoms with E-state index in [2.05, 4.69) is 4.98 Å². The fraction of sp³-hybridized carbons (Fsp3) is 0.100. The van der Waals surface area contributed by atoms with Crippen molar-refractivity contribution in [1.82, 2.24) is 9.55 Å². The standard InChI is InChI=1S/C20H15FN2O3/c1-26-20(25)13-4-2-12(3-5-13)11-23-16-7-6-14(21)10-15(16)18-17(23)8-9-22-19(18)24/h2-10H,11H2,1H3,(H,22,24). The number of esters is 1. The van der Waals surface area contributed by atoms with Gasteiger partial charge in [-0.05, 0) is 42.0 Å². The molecule has 1 N–H and O–H groups in total. The fourth-order valence-electron chi connectivity index (χ4n) is 3.24. The summed E-state index contributed by atoms with van der Waals surface area (Å²) in [5.41, 5.74) is 2.66. The Labute approximate surface area is 147 Å². The van der Waals surface area contributed by atoms with E-state index >= 15 is 0 Å². The second kappa shape index (κ2) is 6.15. The third-order valence-corrected chi connectivity index (χ3v) is 4.46. The van der Waals surface area contributed by atoms with Crippen molar-refractivity contribution in [3.63, 3.8) is 0 Å². The van der Waals surface area contributed by atoms with Gasteiger partial charge in [-0.1, -0.05) is 12.1 Å². The van der Waals surface area contributed by atoms with Crippen LogP contribution >= 0.6 is 0 Å². The molecule has 130 valence electrons. The maximum Gasteiger partial charge on any atom is 0.337 e. The minimum Gasteiger partial charge on any atom is -0.465 e. The topological polar surface area (TPSA) is 64.1 Å². The van der Waals surface area contributed by atoms with E-state index in [9.17, 15) is 14.0 Å². The molecule has 4 rings (SSSR count). The number of carbonyl (C=O) groups is 1. The highest BCUT2D eigenvalue weighted by molar-refractivity contribution is 6.07. The molecule has 0 aliphatic rings. The van der Waals surface area contributed by atoms with Gasteiger partial charge in [-0.15, -0.1) is 0 Å². The summed E-state index contributed by atoms with van der Waals surface area (Å²) in [5.74, 6) is -0.780. The Morgan fingerprint density at radius 2 is 1.88 bits per heavy atom. The molecule has 0 atom stereocenters. The van der Waals surface area contributed by atoms with Gasteiger partial charge < -0.3 is 14.3 Å². The summed E-state index contributed by atoms with van der Waals surface area (Å²) in [7, 11) is 1.34. The average Bonchev–Trinajstić information content (AvgIpc) is 2.96. The molecule has 0 amide bonds. The Morgan fingerprint density at radius 1 is 1.12 bits per heavy atom. The number of aromatic nitrogens is 2. The lowest BCUT2D eigenvalue weighted by atomic mass is 10.1. The van der Waals surface area contributed by atoms with E-state index in [1.807, 2.05) is 16.7 Å². The van der Waals surface area contributed by atoms with Gasteiger partial charge in [-0.3, -0.25) is 4.79 Å². The van der Waals surface area contributed by atoms with Crippen molar-refractivity contribution >= 4 is 27.8 Å². The van der Waals surface area contributed by atoms with Crippen LogP contribution in [0, 0.1) is 5.82 Å². The number of hydrogen-bond donors (Lipinski definition) is 1. The summed E-state index contributed by atoms with van der Waals surface area (Å²) < 4.78 is 20.4. The Kier molecular flexibility index (Phi) is 3.80. The summed E-state index contributed by atoms with van der Waals surface area (Å²) >= 11 is 0. The molecule has 0 fully saturated rings. The number of benzene rings is 2. The first kappa shape index (κ1) is 16.1. The fourth-order valence-corrected chi connectivity index (χ4v) is 3.24. The molecule has 0 spiro atoms. The number of aromatic amines is 1. The van der Waals surface area contributed by atoms with Crippen molar-refractivity contribution in [3.05, 3.63) is 82.0 Å². The number of fused-ring (bicyclic) bond motifs is 3. The maximum atomic E-state index is 13.7. The lowest BCUT2D eigenvalue weighted by Gasteiger charge is -2.08. The van der Waals surface area contributed by atoms with Crippen LogP contribution in [0.2, 0.25) is 0 Å². The number of nitrogens with one attached hydrogen (secondary N) is 1. The molecule has 0 bridgehead atoms. The second-order valence-electron chi connectivity index (χ2n) is 6.00. The molecule has 0 unspecified atom stereocenters. The van der Waals surface area contributed by atoms with Crippen molar-refractivity contribution in [2.75, 3.05) is 7.11 Å². The van der Waals surface area contributed by atoms with Crippen molar-refractivity contribution in [1.29, 1.82) is 0 Å². The molecule has 0 aliphatic heterocycles. The van der Waals surface area contributed by atoms with Gasteiger partial charge in [0.05, 0.1) is 23.6 Å². The number of pyridine rings is 1. The van der Waals surface area contributed by atoms with Crippen molar-refractivity contribution < 1.29 is 13.9 Å². The van der Waals surface area contributed by atoms with Crippen LogP contribution in [-0.4, -0.2) is 22.6 Å². The van der Waals surface area contributed by atoms with Gasteiger partial charge in [0.1, 0.15) is 5.82 Å². The van der Waals surface area contributed by atoms with Gasteiger partial charge in [0.15, 0.2) is 0 Å². The maximum absolute atomic E-state index is 13.7. The number of H-pyrrole nitrogens is 1. The molecule has 2 heterocycles. The molecule has 0 saturated carbocycles. The van der Waals surface area contributed by atoms with Gasteiger partial charge in [0, 0.05) is 23.6 Å². The predicted octanol–water partition coefficient (Wildman–Crippen LogP) is 3.46. The molecule has 0 aliphatic carbocycles. The van der Waals surface area contributed by atoms with Crippen molar-refractivity contribution in [2.24, 2.45) is 0 Å². The normalized spacial score (nSPS) is 11.2. The Balaban J connectivity index is 1.87. The van der Waals surface area contributed by atoms with Gasteiger partial charge in [-0.2, -0.15) is 0 Å². The number of rotatable bonds is 3. The van der Waals surface area contributed by atoms with Gasteiger partial charge in [-0.25, -0.2) is 9.18 Å². The number of hydrogen-bond acceptors (Lipinski definition) is 3. The van der Waals surface area contributed by atoms with Crippen LogP contribution in [0.1, 0.15) is 15.9 Å². The van der Waals surface area contributed by atoms with E-state index in [1.54, 1.807) is 30.5 Å². The van der Waals surface area contributed by atoms with E-state index < -0.39 is 5.97 Å². The van der Waals surface area contributed by atoms with Gasteiger partial charge in [0.25, 0.3) is 5.56 Å². The van der Waals surface area contributed by atoms with E-state index in [4.69, 9.17) is 4.74 Å². The minimum atomic E-state index is -0.393. The summed E-state index contributed by atoms with van der Waals surface area (Å²) in [6.45, 7) is 0.483. The highest BCUT2D eigenvalue weighted by atomic mass is 19.1. The number of methoxy groups -OCH3 is 1. The summed E-state index contributed by atoms with van der Waals surface area (Å²) in [4.78, 5) is 26.5. The Morgan fingerprint density at radius 3 is 2.62 bits per heavy atom. The first-order valence-electron chi connectivity index (χ1n) is 8.05. The van der Waals surface area contributed by atoms with Crippen LogP contribution in [0.15, 0.2) is 59.5 Å². The summed E-state index contributed by atoms with van der Waals surface area (Å²) in [6, 6.07) is 13.3. The van der Waals surface area contributed by atoms with E-state index in [0.29, 0.717) is 22.9 Å². The van der Waals surface area contributed by atoms with E-state index in [1.165, 1.54) is 19.2 Å². The van der Waals surface area contributed by atoms with Crippen LogP contribution < -0.4 is 5.56 Å². The summed E-state index contributed by atoms with van der Waals surface area (Å²) in [5, 5.41) is 1.04. The zero-order chi connectivity index (χ0) is 18.3. The number of nitrogens with zero attached hydrogens (tertiary/aromatic N) is 1. The average molecular weight is 350 g/mol. The molecule has 5 nitrogen and oxygen atoms in total. The highest BCUT2D eigenvalue weighted by Crippen LogP contribution is 2.28. The van der Waals surface area contributed by atoms with Crippen LogP contribution in [0.4, 0.5) is 4.39 Å². The molecule has 4 aromatic rings. The molecule has 26 heavy (non-hydrogen) atoms. The molecular formula is C20H15FN2O3. The third-order valence-electron chi connectivity index (χ3n) is 4.46. The van der Waals surface area contributed by atoms with Crippen LogP contribution in [-0.2, 0) is 11.3 Å². The quantitative estimate of drug-likeness (QED) is 0.576. The third kappa shape index (κ3) is 2.56. The zero-order valence-corrected chi connectivity index (χ0v) is 14.0. The molecule has 0 radical (unpaired) electrons. The highest BCUT2D eigenvalue weighted by Gasteiger charge is 2.14. The minimum absolute atomic E-state index is 0.252. The van der Waals surface area contributed by atoms with E-state index in [0.717, 1.165) is 16.6 Å². The largest absolute Gasteiger partial charge is 0.465 e. The first-order valence-corrected chi connectivity index (χ1v) is 8.05. The molecular weight excluding hydrogens is 335 g/mol. The first-order chi connectivity index (χ1) is 12.6.